The summed E-state index contributed by atoms with van der Waals surface area (Å²) in [5.41, 5.74) is 0. The molecule has 0 N–H and O–H groups in total. The molecular weight excluding hydrogens is 336 g/mol. The second-order valence-electron chi connectivity index (χ2n) is 8.08. The molecule has 8 rings (SSSR count). The second kappa shape index (κ2) is 6.37. The lowest BCUT2D eigenvalue weighted by molar-refractivity contribution is -0.211. The zero-order chi connectivity index (χ0) is 16.0. The number of ether oxygens (including phenoxy) is 2. The Morgan fingerprint density at radius 1 is 0.708 bits per heavy atom. The van der Waals surface area contributed by atoms with Crippen LogP contribution in [0.5, 0.6) is 0 Å². The van der Waals surface area contributed by atoms with Crippen LogP contribution in [0, 0.1) is 23.7 Å². The maximum Gasteiger partial charge on any atom is 0.175 e. The lowest BCUT2D eigenvalue weighted by Gasteiger charge is -2.45. The van der Waals surface area contributed by atoms with Gasteiger partial charge in [0.25, 0.3) is 0 Å². The molecule has 4 fully saturated rings. The Morgan fingerprint density at radius 3 is 1.79 bits per heavy atom. The molecule has 2 aliphatic heterocycles. The lowest BCUT2D eigenvalue weighted by atomic mass is 9.72. The van der Waals surface area contributed by atoms with Crippen molar-refractivity contribution in [2.75, 3.05) is 24.7 Å². The average molecular weight is 365 g/mol. The lowest BCUT2D eigenvalue weighted by Crippen LogP contribution is -2.45. The summed E-state index contributed by atoms with van der Waals surface area (Å²) in [6.45, 7) is 1.58. The van der Waals surface area contributed by atoms with E-state index in [1.54, 1.807) is 0 Å². The number of allylic oxidation sites excluding steroid dienone is 3. The maximum absolute atomic E-state index is 5.74. The molecule has 0 amide bonds. The van der Waals surface area contributed by atoms with Crippen LogP contribution in [-0.4, -0.2) is 34.6 Å². The molecule has 0 radical (unpaired) electrons. The number of hydrogen-bond donors (Lipinski definition) is 0. The van der Waals surface area contributed by atoms with E-state index in [2.05, 4.69) is 47.8 Å². The standard InChI is InChI=1S/C10H14O2.C10H14S2/c2*1-3-9-4-2-8(1)7-10(9)11-5-6-12-10/h2*1,3,8-9H,2,4-7H2/t2*8-,9?/m11/s1. The van der Waals surface area contributed by atoms with Crippen LogP contribution in [0.4, 0.5) is 0 Å². The Balaban J connectivity index is 0.000000109. The maximum atomic E-state index is 5.74. The predicted molar refractivity (Wildman–Crippen MR) is 102 cm³/mol. The third-order valence-corrected chi connectivity index (χ3v) is 10.4. The number of fused-ring (bicyclic) bond motifs is 2. The summed E-state index contributed by atoms with van der Waals surface area (Å²) in [5.74, 6) is 5.66. The molecular formula is C20H28O2S2. The van der Waals surface area contributed by atoms with Gasteiger partial charge in [-0.2, -0.15) is 0 Å². The van der Waals surface area contributed by atoms with Crippen molar-refractivity contribution in [3.63, 3.8) is 0 Å². The highest BCUT2D eigenvalue weighted by molar-refractivity contribution is 8.21. The fourth-order valence-corrected chi connectivity index (χ4v) is 9.14. The first-order chi connectivity index (χ1) is 11.8. The average Bonchev–Trinajstić information content (AvgIpc) is 3.28. The van der Waals surface area contributed by atoms with Crippen molar-refractivity contribution in [1.29, 1.82) is 0 Å². The first kappa shape index (κ1) is 16.3. The largest absolute Gasteiger partial charge is 0.347 e. The van der Waals surface area contributed by atoms with Crippen LogP contribution in [0.3, 0.4) is 0 Å². The van der Waals surface area contributed by atoms with Crippen LogP contribution in [0.1, 0.15) is 38.5 Å². The molecule has 0 aromatic heterocycles. The van der Waals surface area contributed by atoms with E-state index in [1.807, 2.05) is 0 Å². The van der Waals surface area contributed by atoms with E-state index in [1.165, 1.54) is 43.6 Å². The Hall–Kier alpha value is 0.100. The third kappa shape index (κ3) is 2.72. The minimum atomic E-state index is -0.197. The summed E-state index contributed by atoms with van der Waals surface area (Å²) >= 11 is 4.48. The summed E-state index contributed by atoms with van der Waals surface area (Å²) in [6, 6.07) is 0. The molecule has 2 nitrogen and oxygen atoms in total. The first-order valence-corrected chi connectivity index (χ1v) is 11.7. The SMILES string of the molecule is C1=C[C@@H]2CCC1C1(C2)OCCO1.C1=C[C@@H]2CCC1C1(C2)SCCS1. The predicted octanol–water partition coefficient (Wildman–Crippen LogP) is 4.86. The zero-order valence-corrected chi connectivity index (χ0v) is 16.0. The van der Waals surface area contributed by atoms with Crippen LogP contribution in [-0.2, 0) is 9.47 Å². The van der Waals surface area contributed by atoms with Crippen molar-refractivity contribution in [3.8, 4) is 0 Å². The van der Waals surface area contributed by atoms with Gasteiger partial charge in [-0.3, -0.25) is 0 Å². The molecule has 2 saturated heterocycles. The summed E-state index contributed by atoms with van der Waals surface area (Å²) in [6.07, 6.45) is 17.7. The molecule has 2 heterocycles. The topological polar surface area (TPSA) is 18.5 Å². The van der Waals surface area contributed by atoms with Gasteiger partial charge in [0.2, 0.25) is 0 Å². The van der Waals surface area contributed by atoms with Gasteiger partial charge in [0.05, 0.1) is 17.3 Å². The van der Waals surface area contributed by atoms with Crippen molar-refractivity contribution in [1.82, 2.24) is 0 Å². The normalized spacial score (nSPS) is 42.7. The van der Waals surface area contributed by atoms with Crippen LogP contribution in [0.2, 0.25) is 0 Å². The number of hydrogen-bond acceptors (Lipinski definition) is 4. The van der Waals surface area contributed by atoms with E-state index in [0.29, 0.717) is 15.9 Å². The zero-order valence-electron chi connectivity index (χ0n) is 14.3. The second-order valence-corrected chi connectivity index (χ2v) is 11.2. The van der Waals surface area contributed by atoms with Gasteiger partial charge in [0.15, 0.2) is 5.79 Å². The minimum Gasteiger partial charge on any atom is -0.347 e. The van der Waals surface area contributed by atoms with E-state index in [-0.39, 0.29) is 5.79 Å². The molecule has 4 bridgehead atoms. The molecule has 2 spiro atoms. The van der Waals surface area contributed by atoms with Crippen molar-refractivity contribution in [2.45, 2.75) is 48.4 Å². The van der Waals surface area contributed by atoms with Gasteiger partial charge < -0.3 is 9.47 Å². The van der Waals surface area contributed by atoms with Gasteiger partial charge in [-0.15, -0.1) is 23.5 Å². The van der Waals surface area contributed by atoms with E-state index in [9.17, 15) is 0 Å². The number of thioether (sulfide) groups is 2. The molecule has 6 aliphatic carbocycles. The van der Waals surface area contributed by atoms with Gasteiger partial charge in [-0.25, -0.2) is 0 Å². The summed E-state index contributed by atoms with van der Waals surface area (Å²) in [4.78, 5) is 0. The molecule has 2 saturated carbocycles. The van der Waals surface area contributed by atoms with Gasteiger partial charge >= 0.3 is 0 Å². The van der Waals surface area contributed by atoms with E-state index in [4.69, 9.17) is 9.47 Å². The van der Waals surface area contributed by atoms with Crippen LogP contribution < -0.4 is 0 Å². The molecule has 0 aromatic carbocycles. The molecule has 0 aromatic rings. The molecule has 8 aliphatic rings. The highest BCUT2D eigenvalue weighted by atomic mass is 32.2. The number of rotatable bonds is 0. The van der Waals surface area contributed by atoms with Crippen LogP contribution in [0.25, 0.3) is 0 Å². The van der Waals surface area contributed by atoms with Crippen molar-refractivity contribution < 1.29 is 9.47 Å². The van der Waals surface area contributed by atoms with Gasteiger partial charge in [-0.1, -0.05) is 24.3 Å². The molecule has 4 atom stereocenters. The van der Waals surface area contributed by atoms with Gasteiger partial charge in [0, 0.05) is 29.8 Å². The van der Waals surface area contributed by atoms with Crippen molar-refractivity contribution in [3.05, 3.63) is 24.3 Å². The Bertz CT molecular complexity index is 484. The highest BCUT2D eigenvalue weighted by Gasteiger charge is 2.49. The molecule has 4 heteroatoms. The fraction of sp³-hybridized carbons (Fsp3) is 0.800. The monoisotopic (exact) mass is 364 g/mol. The van der Waals surface area contributed by atoms with Gasteiger partial charge in [-0.05, 0) is 43.9 Å². The third-order valence-electron chi connectivity index (χ3n) is 6.70. The van der Waals surface area contributed by atoms with Crippen LogP contribution >= 0.6 is 23.5 Å². The molecule has 2 unspecified atom stereocenters. The Morgan fingerprint density at radius 2 is 1.33 bits per heavy atom. The van der Waals surface area contributed by atoms with Crippen molar-refractivity contribution >= 4 is 23.5 Å². The first-order valence-electron chi connectivity index (χ1n) is 9.71. The van der Waals surface area contributed by atoms with E-state index >= 15 is 0 Å². The summed E-state index contributed by atoms with van der Waals surface area (Å²) in [7, 11) is 0. The Labute approximate surface area is 154 Å². The van der Waals surface area contributed by atoms with E-state index < -0.39 is 0 Å². The Kier molecular flexibility index (Phi) is 4.32. The minimum absolute atomic E-state index is 0.197. The van der Waals surface area contributed by atoms with Gasteiger partial charge in [0.1, 0.15) is 0 Å². The summed E-state index contributed by atoms with van der Waals surface area (Å²) in [5, 5.41) is 0. The van der Waals surface area contributed by atoms with Crippen molar-refractivity contribution in [2.24, 2.45) is 23.7 Å². The highest BCUT2D eigenvalue weighted by Crippen LogP contribution is 2.59. The van der Waals surface area contributed by atoms with Crippen LogP contribution in [0.15, 0.2) is 24.3 Å². The quantitative estimate of drug-likeness (QED) is 0.571. The van der Waals surface area contributed by atoms with E-state index in [0.717, 1.165) is 31.5 Å². The molecule has 132 valence electrons. The molecule has 24 heavy (non-hydrogen) atoms. The summed E-state index contributed by atoms with van der Waals surface area (Å²) < 4.78 is 12.1. The fourth-order valence-electron chi connectivity index (χ4n) is 5.47. The smallest absolute Gasteiger partial charge is 0.175 e.